The Labute approximate surface area is 209 Å². The number of hydrogen-bond acceptors (Lipinski definition) is 5. The van der Waals surface area contributed by atoms with Gasteiger partial charge in [-0.1, -0.05) is 29.3 Å². The van der Waals surface area contributed by atoms with Crippen LogP contribution in [0.5, 0.6) is 0 Å². The van der Waals surface area contributed by atoms with Crippen molar-refractivity contribution in [1.82, 2.24) is 4.57 Å². The van der Waals surface area contributed by atoms with Crippen molar-refractivity contribution in [2.45, 2.75) is 33.4 Å². The number of esters is 1. The summed E-state index contributed by atoms with van der Waals surface area (Å²) in [7, 11) is 0. The molecule has 0 amide bonds. The fourth-order valence-electron chi connectivity index (χ4n) is 3.79. The fourth-order valence-corrected chi connectivity index (χ4v) is 4.09. The van der Waals surface area contributed by atoms with Crippen LogP contribution < -0.4 is 5.43 Å². The molecule has 1 atom stereocenters. The van der Waals surface area contributed by atoms with Crippen molar-refractivity contribution in [1.29, 1.82) is 5.26 Å². The fraction of sp³-hybridized carbons (Fsp3) is 0.200. The standard InChI is InChI=1S/C25H19Cl2FN2O5/c1-4-30-13(3)20(16-9-15(6-8-19(16)28)25(34)35-12(2)11-29)23(31)21(24(32)33)22(30)14-5-7-17(26)18(27)10-14/h5-10,12H,4H2,1-3H3,(H,32,33). The second-order valence-corrected chi connectivity index (χ2v) is 8.38. The minimum atomic E-state index is -1.52. The largest absolute Gasteiger partial charge is 0.477 e. The van der Waals surface area contributed by atoms with Crippen LogP contribution in [0.3, 0.4) is 0 Å². The average molecular weight is 517 g/mol. The summed E-state index contributed by atoms with van der Waals surface area (Å²) in [6.07, 6.45) is -1.04. The first-order valence-electron chi connectivity index (χ1n) is 10.4. The van der Waals surface area contributed by atoms with Gasteiger partial charge in [0.05, 0.1) is 26.9 Å². The SMILES string of the molecule is CCn1c(C)c(-c2cc(C(=O)OC(C)C#N)ccc2F)c(=O)c(C(=O)O)c1-c1ccc(Cl)c(Cl)c1. The molecule has 0 bridgehead atoms. The summed E-state index contributed by atoms with van der Waals surface area (Å²) in [5, 5.41) is 19.3. The van der Waals surface area contributed by atoms with Crippen molar-refractivity contribution in [3.05, 3.63) is 79.3 Å². The van der Waals surface area contributed by atoms with Gasteiger partial charge in [0.25, 0.3) is 0 Å². The third kappa shape index (κ3) is 4.92. The number of nitrogens with zero attached hydrogens (tertiary/aromatic N) is 2. The van der Waals surface area contributed by atoms with Crippen molar-refractivity contribution in [2.75, 3.05) is 0 Å². The van der Waals surface area contributed by atoms with Crippen LogP contribution in [0.15, 0.2) is 41.2 Å². The molecule has 35 heavy (non-hydrogen) atoms. The molecule has 2 aromatic carbocycles. The van der Waals surface area contributed by atoms with E-state index in [9.17, 15) is 23.9 Å². The Morgan fingerprint density at radius 1 is 1.20 bits per heavy atom. The van der Waals surface area contributed by atoms with E-state index < -0.39 is 34.9 Å². The first-order chi connectivity index (χ1) is 16.5. The number of aromatic nitrogens is 1. The molecule has 7 nitrogen and oxygen atoms in total. The summed E-state index contributed by atoms with van der Waals surface area (Å²) in [5.74, 6) is -3.24. The summed E-state index contributed by atoms with van der Waals surface area (Å²) in [4.78, 5) is 38.2. The topological polar surface area (TPSA) is 109 Å². The summed E-state index contributed by atoms with van der Waals surface area (Å²) in [6, 6.07) is 9.46. The lowest BCUT2D eigenvalue weighted by atomic mass is 9.95. The molecule has 0 aliphatic heterocycles. The van der Waals surface area contributed by atoms with Gasteiger partial charge >= 0.3 is 11.9 Å². The van der Waals surface area contributed by atoms with Crippen LogP contribution in [0.1, 0.15) is 40.3 Å². The van der Waals surface area contributed by atoms with Gasteiger partial charge in [0.1, 0.15) is 17.4 Å². The van der Waals surface area contributed by atoms with E-state index in [1.807, 2.05) is 0 Å². The predicted molar refractivity (Wildman–Crippen MR) is 129 cm³/mol. The minimum absolute atomic E-state index is 0.0867. The van der Waals surface area contributed by atoms with E-state index in [4.69, 9.17) is 33.2 Å². The van der Waals surface area contributed by atoms with Crippen LogP contribution >= 0.6 is 23.2 Å². The number of carbonyl (C=O) groups excluding carboxylic acids is 1. The zero-order chi connectivity index (χ0) is 26.0. The molecule has 0 saturated heterocycles. The Kier molecular flexibility index (Phi) is 7.64. The highest BCUT2D eigenvalue weighted by molar-refractivity contribution is 6.42. The first-order valence-corrected chi connectivity index (χ1v) is 11.1. The molecule has 0 fully saturated rings. The van der Waals surface area contributed by atoms with E-state index >= 15 is 0 Å². The van der Waals surface area contributed by atoms with Gasteiger partial charge in [0.2, 0.25) is 5.43 Å². The van der Waals surface area contributed by atoms with Gasteiger partial charge in [-0.15, -0.1) is 0 Å². The molecule has 0 spiro atoms. The van der Waals surface area contributed by atoms with Crippen LogP contribution in [-0.4, -0.2) is 27.7 Å². The maximum absolute atomic E-state index is 15.0. The summed E-state index contributed by atoms with van der Waals surface area (Å²) >= 11 is 12.1. The third-order valence-electron chi connectivity index (χ3n) is 5.39. The van der Waals surface area contributed by atoms with Gasteiger partial charge in [-0.2, -0.15) is 5.26 Å². The maximum atomic E-state index is 15.0. The van der Waals surface area contributed by atoms with Gasteiger partial charge in [0.15, 0.2) is 6.10 Å². The number of rotatable bonds is 6. The van der Waals surface area contributed by atoms with Gasteiger partial charge in [-0.25, -0.2) is 14.0 Å². The van der Waals surface area contributed by atoms with Crippen LogP contribution in [0, 0.1) is 24.1 Å². The Bertz CT molecular complexity index is 1460. The van der Waals surface area contributed by atoms with Crippen LogP contribution in [0.4, 0.5) is 4.39 Å². The highest BCUT2D eigenvalue weighted by atomic mass is 35.5. The highest BCUT2D eigenvalue weighted by Gasteiger charge is 2.27. The average Bonchev–Trinajstić information content (AvgIpc) is 2.81. The van der Waals surface area contributed by atoms with Crippen molar-refractivity contribution < 1.29 is 23.8 Å². The molecule has 0 aliphatic rings. The zero-order valence-corrected chi connectivity index (χ0v) is 20.4. The van der Waals surface area contributed by atoms with E-state index in [0.717, 1.165) is 18.2 Å². The van der Waals surface area contributed by atoms with Crippen LogP contribution in [-0.2, 0) is 11.3 Å². The summed E-state index contributed by atoms with van der Waals surface area (Å²) < 4.78 is 21.5. The number of benzene rings is 2. The lowest BCUT2D eigenvalue weighted by Crippen LogP contribution is -2.25. The van der Waals surface area contributed by atoms with Gasteiger partial charge in [-0.05, 0) is 51.1 Å². The molecule has 1 unspecified atom stereocenters. The van der Waals surface area contributed by atoms with E-state index in [1.165, 1.54) is 25.1 Å². The van der Waals surface area contributed by atoms with E-state index in [0.29, 0.717) is 5.56 Å². The minimum Gasteiger partial charge on any atom is -0.477 e. The number of nitriles is 1. The van der Waals surface area contributed by atoms with Crippen LogP contribution in [0.25, 0.3) is 22.4 Å². The Balaban J connectivity index is 2.36. The number of carbonyl (C=O) groups is 2. The molecular weight excluding hydrogens is 498 g/mol. The molecule has 0 saturated carbocycles. The third-order valence-corrected chi connectivity index (χ3v) is 6.13. The molecular formula is C25H19Cl2FN2O5. The van der Waals surface area contributed by atoms with E-state index in [2.05, 4.69) is 0 Å². The molecule has 1 N–H and O–H groups in total. The normalized spacial score (nSPS) is 11.6. The zero-order valence-electron chi connectivity index (χ0n) is 18.9. The Morgan fingerprint density at radius 3 is 2.46 bits per heavy atom. The molecule has 0 aliphatic carbocycles. The van der Waals surface area contributed by atoms with Gasteiger partial charge in [0, 0.05) is 23.4 Å². The van der Waals surface area contributed by atoms with Crippen molar-refractivity contribution in [3.8, 4) is 28.5 Å². The molecule has 1 heterocycles. The quantitative estimate of drug-likeness (QED) is 0.419. The van der Waals surface area contributed by atoms with Gasteiger partial charge in [-0.3, -0.25) is 4.79 Å². The molecule has 0 radical (unpaired) electrons. The number of ether oxygens (including phenoxy) is 1. The summed E-state index contributed by atoms with van der Waals surface area (Å²) in [5.41, 5.74) is -1.40. The van der Waals surface area contributed by atoms with Crippen molar-refractivity contribution >= 4 is 35.1 Å². The summed E-state index contributed by atoms with van der Waals surface area (Å²) in [6.45, 7) is 4.89. The maximum Gasteiger partial charge on any atom is 0.341 e. The molecule has 180 valence electrons. The monoisotopic (exact) mass is 516 g/mol. The molecule has 3 rings (SSSR count). The number of aromatic carboxylic acids is 1. The van der Waals surface area contributed by atoms with Crippen LogP contribution in [0.2, 0.25) is 10.0 Å². The van der Waals surface area contributed by atoms with E-state index in [1.54, 1.807) is 24.5 Å². The highest BCUT2D eigenvalue weighted by Crippen LogP contribution is 2.34. The second-order valence-electron chi connectivity index (χ2n) is 7.56. The predicted octanol–water partition coefficient (Wildman–Crippen LogP) is 5.72. The molecule has 1 aromatic heterocycles. The Hall–Kier alpha value is -3.67. The Morgan fingerprint density at radius 2 is 1.89 bits per heavy atom. The number of carboxylic acids is 1. The number of carboxylic acid groups (broad SMARTS) is 1. The number of halogens is 3. The van der Waals surface area contributed by atoms with Crippen molar-refractivity contribution in [2.24, 2.45) is 0 Å². The molecule has 10 heteroatoms. The lowest BCUT2D eigenvalue weighted by molar-refractivity contribution is 0.0435. The first kappa shape index (κ1) is 25.9. The molecule has 3 aromatic rings. The van der Waals surface area contributed by atoms with E-state index in [-0.39, 0.29) is 44.7 Å². The van der Waals surface area contributed by atoms with Crippen molar-refractivity contribution in [3.63, 3.8) is 0 Å². The number of hydrogen-bond donors (Lipinski definition) is 1. The number of pyridine rings is 1. The lowest BCUT2D eigenvalue weighted by Gasteiger charge is -2.21. The second kappa shape index (κ2) is 10.3. The van der Waals surface area contributed by atoms with Gasteiger partial charge < -0.3 is 14.4 Å². The smallest absolute Gasteiger partial charge is 0.341 e.